The van der Waals surface area contributed by atoms with Crippen molar-refractivity contribution in [3.05, 3.63) is 18.7 Å². The lowest BCUT2D eigenvalue weighted by molar-refractivity contribution is -0.696. The number of hydrogen-bond donors (Lipinski definition) is 1. The summed E-state index contributed by atoms with van der Waals surface area (Å²) in [5.74, 6) is 0.439. The normalized spacial score (nSPS) is 26.8. The Hall–Kier alpha value is -1.21. The van der Waals surface area contributed by atoms with E-state index in [2.05, 4.69) is 47.2 Å². The molecule has 0 aromatic carbocycles. The maximum atomic E-state index is 12.7. The quantitative estimate of drug-likeness (QED) is 0.487. The Morgan fingerprint density at radius 2 is 2.11 bits per heavy atom. The van der Waals surface area contributed by atoms with Crippen molar-refractivity contribution in [1.82, 2.24) is 9.29 Å². The Labute approximate surface area is 163 Å². The third-order valence-corrected chi connectivity index (χ3v) is 8.52. The van der Waals surface area contributed by atoms with E-state index >= 15 is 0 Å². The van der Waals surface area contributed by atoms with Crippen LogP contribution >= 0.6 is 0 Å². The van der Waals surface area contributed by atoms with Crippen LogP contribution in [0.3, 0.4) is 0 Å². The van der Waals surface area contributed by atoms with Crippen LogP contribution in [0.2, 0.25) is 0 Å². The molecule has 1 N–H and O–H groups in total. The molecule has 0 radical (unpaired) electrons. The van der Waals surface area contributed by atoms with Gasteiger partial charge in [-0.25, -0.2) is 22.3 Å². The van der Waals surface area contributed by atoms with Gasteiger partial charge >= 0.3 is 0 Å². The van der Waals surface area contributed by atoms with Crippen LogP contribution in [0.4, 0.5) is 0 Å². The van der Waals surface area contributed by atoms with Gasteiger partial charge in [0.2, 0.25) is 16.4 Å². The Morgan fingerprint density at radius 1 is 1.33 bits per heavy atom. The molecule has 2 fully saturated rings. The topological polar surface area (TPSA) is 72.0 Å². The molecule has 6 nitrogen and oxygen atoms in total. The molecule has 2 aliphatic carbocycles. The molecule has 0 aliphatic heterocycles. The first-order valence-electron chi connectivity index (χ1n) is 10.3. The molecule has 152 valence electrons. The number of aromatic nitrogens is 2. The maximum Gasteiger partial charge on any atom is 0.243 e. The first-order valence-corrected chi connectivity index (χ1v) is 11.9. The summed E-state index contributed by atoms with van der Waals surface area (Å²) in [7, 11) is -3.46. The van der Waals surface area contributed by atoms with Gasteiger partial charge in [-0.1, -0.05) is 27.2 Å². The largest absolute Gasteiger partial charge is 0.299 e. The third-order valence-electron chi connectivity index (χ3n) is 7.01. The number of Topliss-reactive ketones (excluding diaryl/α,β-unsaturated/α-hetero) is 1. The molecule has 2 aliphatic rings. The Kier molecular flexibility index (Phi) is 5.82. The van der Waals surface area contributed by atoms with Gasteiger partial charge in [-0.2, -0.15) is 0 Å². The summed E-state index contributed by atoms with van der Waals surface area (Å²) in [5.41, 5.74) is -0.898. The zero-order chi connectivity index (χ0) is 19.7. The molecule has 3 rings (SSSR count). The smallest absolute Gasteiger partial charge is 0.243 e. The van der Waals surface area contributed by atoms with Crippen molar-refractivity contribution in [2.45, 2.75) is 72.4 Å². The summed E-state index contributed by atoms with van der Waals surface area (Å²) < 4.78 is 32.3. The number of rotatable bonds is 10. The van der Waals surface area contributed by atoms with Crippen molar-refractivity contribution >= 4 is 15.8 Å². The van der Waals surface area contributed by atoms with Crippen LogP contribution in [0, 0.1) is 16.7 Å². The van der Waals surface area contributed by atoms with E-state index in [9.17, 15) is 13.2 Å². The fraction of sp³-hybridized carbons (Fsp3) is 0.800. The Morgan fingerprint density at radius 3 is 2.74 bits per heavy atom. The molecule has 0 saturated heterocycles. The lowest BCUT2D eigenvalue weighted by atomic mass is 9.70. The lowest BCUT2D eigenvalue weighted by Gasteiger charge is -2.36. The summed E-state index contributed by atoms with van der Waals surface area (Å²) in [6, 6.07) is 0. The molecule has 1 heterocycles. The molecule has 2 atom stereocenters. The first-order chi connectivity index (χ1) is 12.7. The van der Waals surface area contributed by atoms with Gasteiger partial charge in [0.05, 0.1) is 18.8 Å². The Bertz CT molecular complexity index is 784. The predicted octanol–water partition coefficient (Wildman–Crippen LogP) is 2.28. The van der Waals surface area contributed by atoms with Gasteiger partial charge in [0.1, 0.15) is 18.2 Å². The second-order valence-corrected chi connectivity index (χ2v) is 10.7. The van der Waals surface area contributed by atoms with Gasteiger partial charge in [0.25, 0.3) is 0 Å². The molecule has 1 aromatic rings. The van der Waals surface area contributed by atoms with Crippen LogP contribution in [0.5, 0.6) is 0 Å². The molecule has 7 heteroatoms. The zero-order valence-electron chi connectivity index (χ0n) is 16.9. The van der Waals surface area contributed by atoms with E-state index < -0.39 is 15.4 Å². The monoisotopic (exact) mass is 396 g/mol. The number of sulfonamides is 1. The number of unbranched alkanes of at least 4 members (excludes halogenated alkanes) is 1. The van der Waals surface area contributed by atoms with Crippen molar-refractivity contribution in [1.29, 1.82) is 0 Å². The van der Waals surface area contributed by atoms with Crippen molar-refractivity contribution in [2.75, 3.05) is 12.3 Å². The average molecular weight is 397 g/mol. The van der Waals surface area contributed by atoms with Crippen molar-refractivity contribution < 1.29 is 17.8 Å². The highest BCUT2D eigenvalue weighted by molar-refractivity contribution is 7.89. The van der Waals surface area contributed by atoms with E-state index in [1.807, 2.05) is 6.20 Å². The molecule has 27 heavy (non-hydrogen) atoms. The van der Waals surface area contributed by atoms with E-state index in [0.717, 1.165) is 32.4 Å². The summed E-state index contributed by atoms with van der Waals surface area (Å²) >= 11 is 0. The second-order valence-electron chi connectivity index (χ2n) is 8.92. The minimum atomic E-state index is -3.46. The van der Waals surface area contributed by atoms with Crippen LogP contribution < -0.4 is 9.29 Å². The highest BCUT2D eigenvalue weighted by atomic mass is 32.2. The van der Waals surface area contributed by atoms with Crippen molar-refractivity contribution in [3.8, 4) is 0 Å². The van der Waals surface area contributed by atoms with Crippen molar-refractivity contribution in [3.63, 3.8) is 0 Å². The third kappa shape index (κ3) is 3.99. The van der Waals surface area contributed by atoms with Gasteiger partial charge < -0.3 is 0 Å². The number of nitrogens with one attached hydrogen (secondary N) is 1. The highest BCUT2D eigenvalue weighted by Gasteiger charge is 2.65. The fourth-order valence-corrected chi connectivity index (χ4v) is 6.90. The van der Waals surface area contributed by atoms with E-state index in [0.29, 0.717) is 25.3 Å². The van der Waals surface area contributed by atoms with Gasteiger partial charge in [0, 0.05) is 18.4 Å². The zero-order valence-corrected chi connectivity index (χ0v) is 17.7. The number of nitrogens with zero attached hydrogens (tertiary/aromatic N) is 2. The second kappa shape index (κ2) is 7.66. The lowest BCUT2D eigenvalue weighted by Crippen LogP contribution is -2.45. The standard InChI is InChI=1S/C20H34N3O3S/c1-4-5-10-22-12-13-23(16-22)11-6-9-21-27(25,26)15-20-8-7-17(14-18(20)24)19(20,2)3/h12-13,16-17,21H,4-11,14-15H2,1-3H3/q+1/t17-,20-/m1/s1. The summed E-state index contributed by atoms with van der Waals surface area (Å²) in [6.07, 6.45) is 11.5. The van der Waals surface area contributed by atoms with E-state index in [1.54, 1.807) is 0 Å². The van der Waals surface area contributed by atoms with Crippen LogP contribution in [0.25, 0.3) is 0 Å². The van der Waals surface area contributed by atoms with Gasteiger partial charge in [-0.15, -0.1) is 0 Å². The number of ketones is 1. The minimum Gasteiger partial charge on any atom is -0.299 e. The molecule has 2 bridgehead atoms. The van der Waals surface area contributed by atoms with Crippen LogP contribution in [0.15, 0.2) is 18.7 Å². The SMILES string of the molecule is CCCCn1cc[n+](CCCNS(=O)(=O)C[C@]23CC[C@H](CC2=O)C3(C)C)c1. The van der Waals surface area contributed by atoms with Crippen LogP contribution in [0.1, 0.15) is 59.3 Å². The van der Waals surface area contributed by atoms with Crippen LogP contribution in [-0.2, 0) is 27.9 Å². The van der Waals surface area contributed by atoms with E-state index in [-0.39, 0.29) is 17.0 Å². The highest BCUT2D eigenvalue weighted by Crippen LogP contribution is 2.64. The van der Waals surface area contributed by atoms with Gasteiger partial charge in [0.15, 0.2) is 0 Å². The number of hydrogen-bond acceptors (Lipinski definition) is 3. The number of imidazole rings is 1. The fourth-order valence-electron chi connectivity index (χ4n) is 5.02. The molecular formula is C20H34N3O3S+. The number of fused-ring (bicyclic) bond motifs is 2. The minimum absolute atomic E-state index is 0.0527. The first kappa shape index (κ1) is 20.5. The molecule has 1 aromatic heterocycles. The predicted molar refractivity (Wildman–Crippen MR) is 105 cm³/mol. The van der Waals surface area contributed by atoms with Crippen molar-refractivity contribution in [2.24, 2.45) is 16.7 Å². The molecule has 0 spiro atoms. The Balaban J connectivity index is 1.49. The summed E-state index contributed by atoms with van der Waals surface area (Å²) in [6.45, 7) is 8.52. The summed E-state index contributed by atoms with van der Waals surface area (Å²) in [5, 5.41) is 0. The molecule has 2 saturated carbocycles. The number of carbonyl (C=O) groups excluding carboxylic acids is 1. The molecule has 0 unspecified atom stereocenters. The number of aryl methyl sites for hydroxylation is 2. The van der Waals surface area contributed by atoms with E-state index in [1.165, 1.54) is 6.42 Å². The van der Waals surface area contributed by atoms with Gasteiger partial charge in [-0.05, 0) is 37.0 Å². The molecule has 0 amide bonds. The maximum absolute atomic E-state index is 12.7. The van der Waals surface area contributed by atoms with Crippen LogP contribution in [-0.4, -0.2) is 31.1 Å². The molecular weight excluding hydrogens is 362 g/mol. The van der Waals surface area contributed by atoms with E-state index in [4.69, 9.17) is 0 Å². The van der Waals surface area contributed by atoms with Gasteiger partial charge in [-0.3, -0.25) is 4.79 Å². The number of carbonyl (C=O) groups is 1. The average Bonchev–Trinajstić information content (AvgIpc) is 3.19. The summed E-state index contributed by atoms with van der Waals surface area (Å²) in [4.78, 5) is 12.5.